The molecule has 2 rings (SSSR count). The van der Waals surface area contributed by atoms with Crippen molar-refractivity contribution in [1.29, 1.82) is 0 Å². The smallest absolute Gasteiger partial charge is 0.152 e. The van der Waals surface area contributed by atoms with Crippen LogP contribution in [0.4, 0.5) is 0 Å². The van der Waals surface area contributed by atoms with Gasteiger partial charge in [-0.3, -0.25) is 0 Å². The molecule has 0 aliphatic rings. The van der Waals surface area contributed by atoms with Crippen molar-refractivity contribution in [3.05, 3.63) is 35.0 Å². The lowest BCUT2D eigenvalue weighted by Crippen LogP contribution is -2.20. The van der Waals surface area contributed by atoms with E-state index in [2.05, 4.69) is 6.92 Å². The summed E-state index contributed by atoms with van der Waals surface area (Å²) in [6.07, 6.45) is 0.259. The van der Waals surface area contributed by atoms with Gasteiger partial charge in [0.25, 0.3) is 0 Å². The summed E-state index contributed by atoms with van der Waals surface area (Å²) < 4.78 is 5.67. The Labute approximate surface area is 106 Å². The van der Waals surface area contributed by atoms with E-state index in [1.807, 2.05) is 32.0 Å². The van der Waals surface area contributed by atoms with Gasteiger partial charge in [0.15, 0.2) is 5.58 Å². The normalized spacial score (nSPS) is 14.2. The number of aliphatic hydroxyl groups is 1. The number of rotatable bonds is 3. The second kappa shape index (κ2) is 4.35. The summed E-state index contributed by atoms with van der Waals surface area (Å²) in [5.74, 6) is 0.583. The first kappa shape index (κ1) is 12.5. The molecule has 2 aromatic rings. The molecule has 0 aliphatic heterocycles. The third-order valence-electron chi connectivity index (χ3n) is 3.44. The minimum atomic E-state index is -0.615. The molecule has 0 spiro atoms. The van der Waals surface area contributed by atoms with E-state index in [-0.39, 0.29) is 5.41 Å². The number of halogens is 1. The highest BCUT2D eigenvalue weighted by molar-refractivity contribution is 6.34. The van der Waals surface area contributed by atoms with Gasteiger partial charge >= 0.3 is 0 Å². The van der Waals surface area contributed by atoms with Crippen LogP contribution in [0.5, 0.6) is 0 Å². The lowest BCUT2D eigenvalue weighted by atomic mass is 9.83. The minimum absolute atomic E-state index is 0.208. The maximum Gasteiger partial charge on any atom is 0.152 e. The highest BCUT2D eigenvalue weighted by Gasteiger charge is 2.30. The van der Waals surface area contributed by atoms with E-state index in [9.17, 15) is 5.11 Å². The van der Waals surface area contributed by atoms with Crippen LogP contribution in [0, 0.1) is 5.41 Å². The van der Waals surface area contributed by atoms with Crippen LogP contribution in [0.1, 0.15) is 39.1 Å². The van der Waals surface area contributed by atoms with E-state index in [1.165, 1.54) is 0 Å². The van der Waals surface area contributed by atoms with Gasteiger partial charge in [0, 0.05) is 5.39 Å². The second-order valence-corrected chi connectivity index (χ2v) is 5.46. The molecule has 0 radical (unpaired) electrons. The quantitative estimate of drug-likeness (QED) is 0.869. The molecule has 92 valence electrons. The zero-order chi connectivity index (χ0) is 12.6. The third-order valence-corrected chi connectivity index (χ3v) is 3.73. The lowest BCUT2D eigenvalue weighted by Gasteiger charge is -2.27. The Hall–Kier alpha value is -0.990. The molecule has 1 unspecified atom stereocenters. The topological polar surface area (TPSA) is 33.4 Å². The van der Waals surface area contributed by atoms with Gasteiger partial charge in [0.1, 0.15) is 11.9 Å². The van der Waals surface area contributed by atoms with Crippen molar-refractivity contribution in [1.82, 2.24) is 0 Å². The standard InChI is InChI=1S/C14H17ClO2/c1-4-14(2,3)13(16)11-8-9-6-5-7-10(15)12(9)17-11/h5-8,13,16H,4H2,1-3H3. The number of para-hydroxylation sites is 1. The summed E-state index contributed by atoms with van der Waals surface area (Å²) in [4.78, 5) is 0. The van der Waals surface area contributed by atoms with Gasteiger partial charge in [-0.2, -0.15) is 0 Å². The van der Waals surface area contributed by atoms with Crippen molar-refractivity contribution in [3.8, 4) is 0 Å². The SMILES string of the molecule is CCC(C)(C)C(O)c1cc2cccc(Cl)c2o1. The molecule has 17 heavy (non-hydrogen) atoms. The average Bonchev–Trinajstić information content (AvgIpc) is 2.73. The Morgan fingerprint density at radius 3 is 2.71 bits per heavy atom. The van der Waals surface area contributed by atoms with Crippen LogP contribution in [0.2, 0.25) is 5.02 Å². The molecule has 3 heteroatoms. The maximum absolute atomic E-state index is 10.3. The minimum Gasteiger partial charge on any atom is -0.457 e. The van der Waals surface area contributed by atoms with Gasteiger partial charge in [0.2, 0.25) is 0 Å². The van der Waals surface area contributed by atoms with Crippen LogP contribution in [-0.2, 0) is 0 Å². The van der Waals surface area contributed by atoms with Gasteiger partial charge in [-0.25, -0.2) is 0 Å². The molecule has 0 bridgehead atoms. The fraction of sp³-hybridized carbons (Fsp3) is 0.429. The zero-order valence-corrected chi connectivity index (χ0v) is 11.1. The van der Waals surface area contributed by atoms with Crippen LogP contribution in [0.3, 0.4) is 0 Å². The van der Waals surface area contributed by atoms with E-state index in [4.69, 9.17) is 16.0 Å². The van der Waals surface area contributed by atoms with E-state index < -0.39 is 6.10 Å². The summed E-state index contributed by atoms with van der Waals surface area (Å²) in [5, 5.41) is 11.8. The Kier molecular flexibility index (Phi) is 3.19. The summed E-state index contributed by atoms with van der Waals surface area (Å²) in [5.41, 5.74) is 0.440. The first-order valence-corrected chi connectivity index (χ1v) is 6.19. The summed E-state index contributed by atoms with van der Waals surface area (Å²) >= 11 is 6.05. The first-order chi connectivity index (χ1) is 7.95. The summed E-state index contributed by atoms with van der Waals surface area (Å²) in [6, 6.07) is 7.46. The largest absolute Gasteiger partial charge is 0.457 e. The zero-order valence-electron chi connectivity index (χ0n) is 10.3. The van der Waals surface area contributed by atoms with Gasteiger partial charge in [0.05, 0.1) is 5.02 Å². The Balaban J connectivity index is 2.47. The maximum atomic E-state index is 10.3. The van der Waals surface area contributed by atoms with Crippen molar-refractivity contribution >= 4 is 22.6 Å². The number of hydrogen-bond acceptors (Lipinski definition) is 2. The molecular weight excluding hydrogens is 236 g/mol. The fourth-order valence-electron chi connectivity index (χ4n) is 1.76. The molecule has 2 nitrogen and oxygen atoms in total. The van der Waals surface area contributed by atoms with E-state index in [0.717, 1.165) is 11.8 Å². The van der Waals surface area contributed by atoms with E-state index in [1.54, 1.807) is 6.07 Å². The molecule has 1 aromatic carbocycles. The van der Waals surface area contributed by atoms with Crippen LogP contribution in [-0.4, -0.2) is 5.11 Å². The van der Waals surface area contributed by atoms with Crippen molar-refractivity contribution in [2.45, 2.75) is 33.3 Å². The molecule has 1 heterocycles. The van der Waals surface area contributed by atoms with Gasteiger partial charge in [-0.1, -0.05) is 44.5 Å². The Bertz CT molecular complexity index is 528. The van der Waals surface area contributed by atoms with Gasteiger partial charge in [-0.05, 0) is 24.0 Å². The van der Waals surface area contributed by atoms with Gasteiger partial charge in [-0.15, -0.1) is 0 Å². The van der Waals surface area contributed by atoms with Crippen LogP contribution in [0.25, 0.3) is 11.0 Å². The Morgan fingerprint density at radius 1 is 1.41 bits per heavy atom. The van der Waals surface area contributed by atoms with Crippen LogP contribution < -0.4 is 0 Å². The molecule has 0 saturated heterocycles. The van der Waals surface area contributed by atoms with Crippen molar-refractivity contribution < 1.29 is 9.52 Å². The second-order valence-electron chi connectivity index (χ2n) is 5.05. The number of aliphatic hydroxyl groups excluding tert-OH is 1. The average molecular weight is 253 g/mol. The first-order valence-electron chi connectivity index (χ1n) is 5.81. The highest BCUT2D eigenvalue weighted by atomic mass is 35.5. The monoisotopic (exact) mass is 252 g/mol. The number of benzene rings is 1. The predicted octanol–water partition coefficient (Wildman–Crippen LogP) is 4.56. The van der Waals surface area contributed by atoms with Crippen molar-refractivity contribution in [3.63, 3.8) is 0 Å². The summed E-state index contributed by atoms with van der Waals surface area (Å²) in [6.45, 7) is 6.10. The third kappa shape index (κ3) is 2.20. The molecule has 0 saturated carbocycles. The number of fused-ring (bicyclic) bond motifs is 1. The van der Waals surface area contributed by atoms with Crippen LogP contribution >= 0.6 is 11.6 Å². The Morgan fingerprint density at radius 2 is 2.12 bits per heavy atom. The lowest BCUT2D eigenvalue weighted by molar-refractivity contribution is 0.0300. The molecule has 1 aromatic heterocycles. The van der Waals surface area contributed by atoms with Crippen molar-refractivity contribution in [2.75, 3.05) is 0 Å². The molecule has 0 aliphatic carbocycles. The number of hydrogen-bond donors (Lipinski definition) is 1. The predicted molar refractivity (Wildman–Crippen MR) is 70.3 cm³/mol. The summed E-state index contributed by atoms with van der Waals surface area (Å²) in [7, 11) is 0. The van der Waals surface area contributed by atoms with Crippen LogP contribution in [0.15, 0.2) is 28.7 Å². The molecule has 1 N–H and O–H groups in total. The molecule has 0 amide bonds. The highest BCUT2D eigenvalue weighted by Crippen LogP contribution is 2.39. The fourth-order valence-corrected chi connectivity index (χ4v) is 1.98. The molecule has 0 fully saturated rings. The van der Waals surface area contributed by atoms with Crippen molar-refractivity contribution in [2.24, 2.45) is 5.41 Å². The van der Waals surface area contributed by atoms with E-state index in [0.29, 0.717) is 16.4 Å². The van der Waals surface area contributed by atoms with E-state index >= 15 is 0 Å². The molecule has 1 atom stereocenters. The van der Waals surface area contributed by atoms with Gasteiger partial charge < -0.3 is 9.52 Å². The molecular formula is C14H17ClO2. The number of furan rings is 1.